The zero-order chi connectivity index (χ0) is 17.7. The third-order valence-corrected chi connectivity index (χ3v) is 5.56. The van der Waals surface area contributed by atoms with E-state index in [0.29, 0.717) is 17.0 Å². The van der Waals surface area contributed by atoms with Crippen LogP contribution in [0, 0.1) is 5.82 Å². The highest BCUT2D eigenvalue weighted by Crippen LogP contribution is 2.24. The topological polar surface area (TPSA) is 72.5 Å². The molecule has 5 nitrogen and oxygen atoms in total. The molecule has 0 radical (unpaired) electrons. The summed E-state index contributed by atoms with van der Waals surface area (Å²) in [5, 5.41) is 1.26. The third kappa shape index (κ3) is 4.32. The first-order valence-corrected chi connectivity index (χ1v) is 8.95. The molecular formula is C17H18FNO4S. The van der Waals surface area contributed by atoms with Gasteiger partial charge in [0.25, 0.3) is 0 Å². The van der Waals surface area contributed by atoms with Gasteiger partial charge in [0.2, 0.25) is 5.91 Å². The Bertz CT molecular complexity index is 836. The molecule has 128 valence electrons. The summed E-state index contributed by atoms with van der Waals surface area (Å²) in [7, 11) is -2.34. The molecule has 2 aromatic rings. The molecule has 0 fully saturated rings. The lowest BCUT2D eigenvalue weighted by Gasteiger charge is -2.15. The van der Waals surface area contributed by atoms with Gasteiger partial charge in [-0.3, -0.25) is 4.79 Å². The normalized spacial score (nSPS) is 12.5. The van der Waals surface area contributed by atoms with Gasteiger partial charge in [-0.2, -0.15) is 0 Å². The lowest BCUT2D eigenvalue weighted by Crippen LogP contribution is -2.33. The van der Waals surface area contributed by atoms with E-state index < -0.39 is 32.6 Å². The van der Waals surface area contributed by atoms with Gasteiger partial charge in [0.1, 0.15) is 16.8 Å². The van der Waals surface area contributed by atoms with Crippen molar-refractivity contribution in [2.24, 2.45) is 0 Å². The molecule has 0 aromatic heterocycles. The van der Waals surface area contributed by atoms with Crippen molar-refractivity contribution in [3.05, 3.63) is 59.9 Å². The number of nitrogens with one attached hydrogen (secondary N) is 1. The Balaban J connectivity index is 2.14. The van der Waals surface area contributed by atoms with Crippen molar-refractivity contribution < 1.29 is 22.3 Å². The van der Waals surface area contributed by atoms with Gasteiger partial charge in [-0.1, -0.05) is 24.3 Å². The second-order valence-corrected chi connectivity index (χ2v) is 7.59. The molecule has 0 bridgehead atoms. The molecule has 0 saturated carbocycles. The highest BCUT2D eigenvalue weighted by atomic mass is 32.2. The number of rotatable bonds is 6. The van der Waals surface area contributed by atoms with Crippen molar-refractivity contribution in [2.75, 3.05) is 12.4 Å². The van der Waals surface area contributed by atoms with Crippen LogP contribution in [0.2, 0.25) is 0 Å². The molecule has 0 saturated heterocycles. The van der Waals surface area contributed by atoms with E-state index in [1.54, 1.807) is 24.3 Å². The van der Waals surface area contributed by atoms with Gasteiger partial charge in [0, 0.05) is 0 Å². The van der Waals surface area contributed by atoms with E-state index in [0.717, 1.165) is 6.07 Å². The third-order valence-electron chi connectivity index (χ3n) is 3.53. The van der Waals surface area contributed by atoms with E-state index in [1.165, 1.54) is 32.2 Å². The van der Waals surface area contributed by atoms with E-state index in [1.807, 2.05) is 0 Å². The summed E-state index contributed by atoms with van der Waals surface area (Å²) in [4.78, 5) is 12.3. The van der Waals surface area contributed by atoms with E-state index in [4.69, 9.17) is 4.74 Å². The van der Waals surface area contributed by atoms with Crippen LogP contribution < -0.4 is 10.1 Å². The monoisotopic (exact) mass is 351 g/mol. The number of sulfone groups is 1. The Kier molecular flexibility index (Phi) is 5.56. The molecule has 1 N–H and O–H groups in total. The van der Waals surface area contributed by atoms with Crippen molar-refractivity contribution in [2.45, 2.75) is 17.9 Å². The van der Waals surface area contributed by atoms with Crippen molar-refractivity contribution in [1.82, 2.24) is 0 Å². The summed E-state index contributed by atoms with van der Waals surface area (Å²) in [6, 6.07) is 12.0. The summed E-state index contributed by atoms with van der Waals surface area (Å²) in [6.07, 6.45) is 0. The number of hydrogen-bond donors (Lipinski definition) is 1. The van der Waals surface area contributed by atoms with Crippen molar-refractivity contribution >= 4 is 21.4 Å². The van der Waals surface area contributed by atoms with Gasteiger partial charge < -0.3 is 10.1 Å². The lowest BCUT2D eigenvalue weighted by molar-refractivity contribution is -0.115. The van der Waals surface area contributed by atoms with Crippen LogP contribution in [-0.4, -0.2) is 26.7 Å². The van der Waals surface area contributed by atoms with Crippen LogP contribution in [0.15, 0.2) is 48.5 Å². The van der Waals surface area contributed by atoms with Gasteiger partial charge in [0.15, 0.2) is 9.84 Å². The van der Waals surface area contributed by atoms with Crippen LogP contribution in [0.5, 0.6) is 5.75 Å². The largest absolute Gasteiger partial charge is 0.495 e. The molecular weight excluding hydrogens is 333 g/mol. The van der Waals surface area contributed by atoms with Gasteiger partial charge in [-0.05, 0) is 36.8 Å². The molecule has 0 unspecified atom stereocenters. The van der Waals surface area contributed by atoms with Crippen molar-refractivity contribution in [1.29, 1.82) is 0 Å². The van der Waals surface area contributed by atoms with Crippen LogP contribution in [-0.2, 0) is 20.4 Å². The number of methoxy groups -OCH3 is 1. The molecule has 24 heavy (non-hydrogen) atoms. The molecule has 2 rings (SSSR count). The fourth-order valence-corrected chi connectivity index (χ4v) is 3.41. The molecule has 0 heterocycles. The number of anilines is 1. The zero-order valence-electron chi connectivity index (χ0n) is 13.3. The number of halogens is 1. The Labute approximate surface area is 140 Å². The zero-order valence-corrected chi connectivity index (χ0v) is 14.1. The Morgan fingerprint density at radius 1 is 1.21 bits per heavy atom. The number of ether oxygens (including phenoxy) is 1. The number of para-hydroxylation sites is 2. The van der Waals surface area contributed by atoms with Crippen LogP contribution in [0.4, 0.5) is 10.1 Å². The molecule has 0 spiro atoms. The summed E-state index contributed by atoms with van der Waals surface area (Å²) >= 11 is 0. The van der Waals surface area contributed by atoms with Crippen LogP contribution in [0.25, 0.3) is 0 Å². The summed E-state index contributed by atoms with van der Waals surface area (Å²) in [5.74, 6) is -1.17. The van der Waals surface area contributed by atoms with E-state index in [-0.39, 0.29) is 0 Å². The Morgan fingerprint density at radius 3 is 2.58 bits per heavy atom. The maximum atomic E-state index is 13.2. The number of carbonyl (C=O) groups is 1. The van der Waals surface area contributed by atoms with E-state index >= 15 is 0 Å². The molecule has 0 aliphatic heterocycles. The standard InChI is InChI=1S/C17H18FNO4S/c1-12(17(20)19-15-8-3-4-9-16(15)23-2)24(21,22)11-13-6-5-7-14(18)10-13/h3-10,12H,11H2,1-2H3,(H,19,20)/t12-/m1/s1. The first-order valence-electron chi connectivity index (χ1n) is 7.23. The number of carbonyl (C=O) groups excluding carboxylic acids is 1. The average molecular weight is 351 g/mol. The second-order valence-electron chi connectivity index (χ2n) is 5.27. The lowest BCUT2D eigenvalue weighted by atomic mass is 10.2. The molecule has 2 aromatic carbocycles. The SMILES string of the molecule is COc1ccccc1NC(=O)[C@@H](C)S(=O)(=O)Cc1cccc(F)c1. The number of benzene rings is 2. The molecule has 7 heteroatoms. The molecule has 1 atom stereocenters. The molecule has 0 aliphatic carbocycles. The smallest absolute Gasteiger partial charge is 0.242 e. The van der Waals surface area contributed by atoms with Gasteiger partial charge in [-0.25, -0.2) is 12.8 Å². The Hall–Kier alpha value is -2.41. The predicted octanol–water partition coefficient (Wildman–Crippen LogP) is 2.78. The summed E-state index contributed by atoms with van der Waals surface area (Å²) < 4.78 is 43.1. The van der Waals surface area contributed by atoms with Crippen LogP contribution in [0.1, 0.15) is 12.5 Å². The fraction of sp³-hybridized carbons (Fsp3) is 0.235. The highest BCUT2D eigenvalue weighted by molar-refractivity contribution is 7.92. The fourth-order valence-electron chi connectivity index (χ4n) is 2.13. The van der Waals surface area contributed by atoms with Gasteiger partial charge in [0.05, 0.1) is 18.6 Å². The minimum Gasteiger partial charge on any atom is -0.495 e. The number of amides is 1. The minimum atomic E-state index is -3.79. The average Bonchev–Trinajstić information content (AvgIpc) is 2.54. The predicted molar refractivity (Wildman–Crippen MR) is 90.1 cm³/mol. The summed E-state index contributed by atoms with van der Waals surface area (Å²) in [6.45, 7) is 1.30. The first kappa shape index (κ1) is 17.9. The minimum absolute atomic E-state index is 0.298. The van der Waals surface area contributed by atoms with Crippen molar-refractivity contribution in [3.63, 3.8) is 0 Å². The second kappa shape index (κ2) is 7.44. The van der Waals surface area contributed by atoms with Crippen LogP contribution >= 0.6 is 0 Å². The van der Waals surface area contributed by atoms with Gasteiger partial charge in [-0.15, -0.1) is 0 Å². The quantitative estimate of drug-likeness (QED) is 0.869. The maximum Gasteiger partial charge on any atom is 0.242 e. The maximum absolute atomic E-state index is 13.2. The summed E-state index contributed by atoms with van der Waals surface area (Å²) in [5.41, 5.74) is 0.685. The van der Waals surface area contributed by atoms with Crippen LogP contribution in [0.3, 0.4) is 0 Å². The molecule has 0 aliphatic rings. The highest BCUT2D eigenvalue weighted by Gasteiger charge is 2.28. The molecule has 1 amide bonds. The van der Waals surface area contributed by atoms with Crippen molar-refractivity contribution in [3.8, 4) is 5.75 Å². The first-order chi connectivity index (χ1) is 11.3. The Morgan fingerprint density at radius 2 is 1.92 bits per heavy atom. The van der Waals surface area contributed by atoms with Gasteiger partial charge >= 0.3 is 0 Å². The number of hydrogen-bond acceptors (Lipinski definition) is 4. The van der Waals surface area contributed by atoms with E-state index in [9.17, 15) is 17.6 Å². The van der Waals surface area contributed by atoms with E-state index in [2.05, 4.69) is 5.32 Å².